The lowest BCUT2D eigenvalue weighted by Gasteiger charge is -2.37. The number of aryl methyl sites for hydroxylation is 1. The predicted octanol–water partition coefficient (Wildman–Crippen LogP) is 3.10. The normalized spacial score (nSPS) is 23.4. The molecule has 2 heterocycles. The molecule has 29 heavy (non-hydrogen) atoms. The van der Waals surface area contributed by atoms with Crippen LogP contribution in [0.5, 0.6) is 0 Å². The maximum atomic E-state index is 13.0. The summed E-state index contributed by atoms with van der Waals surface area (Å²) in [6.07, 6.45) is 5.60. The second kappa shape index (κ2) is 8.63. The molecule has 7 heteroatoms. The molecule has 2 N–H and O–H groups in total. The van der Waals surface area contributed by atoms with Gasteiger partial charge in [0, 0.05) is 49.5 Å². The second-order valence-corrected chi connectivity index (χ2v) is 8.15. The van der Waals surface area contributed by atoms with Gasteiger partial charge < -0.3 is 19.6 Å². The Morgan fingerprint density at radius 2 is 2.00 bits per heavy atom. The van der Waals surface area contributed by atoms with Crippen LogP contribution >= 0.6 is 0 Å². The lowest BCUT2D eigenvalue weighted by atomic mass is 9.76. The number of hydrogen-bond donors (Lipinski definition) is 2. The molecule has 2 fully saturated rings. The third-order valence-corrected chi connectivity index (χ3v) is 6.39. The first-order valence-electron chi connectivity index (χ1n) is 10.3. The third-order valence-electron chi connectivity index (χ3n) is 6.39. The average molecular weight is 402 g/mol. The lowest BCUT2D eigenvalue weighted by molar-refractivity contribution is -0.121. The highest BCUT2D eigenvalue weighted by Gasteiger charge is 2.48. The molecule has 6 nitrogen and oxygen atoms in total. The number of ether oxygens (including phenoxy) is 1. The van der Waals surface area contributed by atoms with Crippen molar-refractivity contribution in [2.45, 2.75) is 44.6 Å². The number of aliphatic hydroxyl groups excluding tert-OH is 1. The van der Waals surface area contributed by atoms with E-state index in [2.05, 4.69) is 10.3 Å². The second-order valence-electron chi connectivity index (χ2n) is 8.15. The van der Waals surface area contributed by atoms with Crippen LogP contribution in [0.1, 0.15) is 38.0 Å². The van der Waals surface area contributed by atoms with Crippen molar-refractivity contribution < 1.29 is 23.4 Å². The molecule has 2 atom stereocenters. The summed E-state index contributed by atoms with van der Waals surface area (Å²) in [6.45, 7) is 1.92. The SMILES string of the molecule is O=C(CCc1ncc(-c2ccc(F)cc2)o1)NC[C@H]1CCC2(CCOCC2)[C@H]1O. The number of nitrogens with one attached hydrogen (secondary N) is 1. The number of aromatic nitrogens is 1. The molecule has 156 valence electrons. The minimum absolute atomic E-state index is 0.0253. The maximum Gasteiger partial charge on any atom is 0.220 e. The van der Waals surface area contributed by atoms with E-state index in [1.54, 1.807) is 18.3 Å². The monoisotopic (exact) mass is 402 g/mol. The summed E-state index contributed by atoms with van der Waals surface area (Å²) in [5, 5.41) is 13.7. The summed E-state index contributed by atoms with van der Waals surface area (Å²) in [5.74, 6) is 0.744. The van der Waals surface area contributed by atoms with E-state index in [0.717, 1.165) is 31.2 Å². The smallest absolute Gasteiger partial charge is 0.220 e. The first kappa shape index (κ1) is 20.0. The summed E-state index contributed by atoms with van der Waals surface area (Å²) in [4.78, 5) is 16.4. The molecule has 1 aliphatic heterocycles. The van der Waals surface area contributed by atoms with Gasteiger partial charge in [-0.15, -0.1) is 0 Å². The van der Waals surface area contributed by atoms with E-state index < -0.39 is 0 Å². The molecule has 0 radical (unpaired) electrons. The molecule has 1 amide bonds. The Morgan fingerprint density at radius 1 is 1.24 bits per heavy atom. The fourth-order valence-electron chi connectivity index (χ4n) is 4.54. The Kier molecular flexibility index (Phi) is 5.96. The van der Waals surface area contributed by atoms with Gasteiger partial charge in [0.1, 0.15) is 5.82 Å². The number of oxazole rings is 1. The van der Waals surface area contributed by atoms with Crippen molar-refractivity contribution in [3.63, 3.8) is 0 Å². The van der Waals surface area contributed by atoms with Gasteiger partial charge in [0.15, 0.2) is 11.7 Å². The van der Waals surface area contributed by atoms with Crippen LogP contribution in [0, 0.1) is 17.2 Å². The zero-order valence-corrected chi connectivity index (χ0v) is 16.4. The number of carbonyl (C=O) groups excluding carboxylic acids is 1. The van der Waals surface area contributed by atoms with Crippen LogP contribution in [-0.2, 0) is 16.0 Å². The Balaban J connectivity index is 1.23. The van der Waals surface area contributed by atoms with Gasteiger partial charge in [-0.3, -0.25) is 4.79 Å². The fraction of sp³-hybridized carbons (Fsp3) is 0.545. The molecule has 0 unspecified atom stereocenters. The van der Waals surface area contributed by atoms with Crippen LogP contribution in [0.25, 0.3) is 11.3 Å². The van der Waals surface area contributed by atoms with Gasteiger partial charge >= 0.3 is 0 Å². The number of carbonyl (C=O) groups is 1. The summed E-state index contributed by atoms with van der Waals surface area (Å²) in [7, 11) is 0. The molecular formula is C22H27FN2O4. The number of rotatable bonds is 6. The number of nitrogens with zero attached hydrogens (tertiary/aromatic N) is 1. The van der Waals surface area contributed by atoms with E-state index in [-0.39, 0.29) is 35.6 Å². The molecule has 1 aromatic heterocycles. The van der Waals surface area contributed by atoms with Crippen molar-refractivity contribution in [2.75, 3.05) is 19.8 Å². The van der Waals surface area contributed by atoms with Gasteiger partial charge in [-0.25, -0.2) is 9.37 Å². The number of benzene rings is 1. The van der Waals surface area contributed by atoms with E-state index in [9.17, 15) is 14.3 Å². The van der Waals surface area contributed by atoms with Crippen LogP contribution in [0.4, 0.5) is 4.39 Å². The molecular weight excluding hydrogens is 375 g/mol. The van der Waals surface area contributed by atoms with Gasteiger partial charge in [0.2, 0.25) is 5.91 Å². The predicted molar refractivity (Wildman–Crippen MR) is 104 cm³/mol. The molecule has 2 aromatic rings. The Bertz CT molecular complexity index is 830. The third kappa shape index (κ3) is 4.51. The van der Waals surface area contributed by atoms with Crippen molar-refractivity contribution in [1.29, 1.82) is 0 Å². The summed E-state index contributed by atoms with van der Waals surface area (Å²) in [5.41, 5.74) is 0.717. The average Bonchev–Trinajstić information content (AvgIpc) is 3.32. The lowest BCUT2D eigenvalue weighted by Crippen LogP contribution is -2.41. The van der Waals surface area contributed by atoms with E-state index in [1.165, 1.54) is 12.1 Å². The van der Waals surface area contributed by atoms with Crippen molar-refractivity contribution in [3.05, 3.63) is 42.2 Å². The quantitative estimate of drug-likeness (QED) is 0.776. The Morgan fingerprint density at radius 3 is 2.76 bits per heavy atom. The van der Waals surface area contributed by atoms with E-state index in [0.29, 0.717) is 37.8 Å². The molecule has 1 saturated carbocycles. The number of halogens is 1. The van der Waals surface area contributed by atoms with Gasteiger partial charge in [-0.2, -0.15) is 0 Å². The van der Waals surface area contributed by atoms with E-state index in [4.69, 9.17) is 9.15 Å². The van der Waals surface area contributed by atoms with Crippen molar-refractivity contribution in [3.8, 4) is 11.3 Å². The first-order chi connectivity index (χ1) is 14.1. The van der Waals surface area contributed by atoms with Gasteiger partial charge in [-0.1, -0.05) is 0 Å². The van der Waals surface area contributed by atoms with Crippen LogP contribution in [0.2, 0.25) is 0 Å². The Hall–Kier alpha value is -2.25. The molecule has 1 spiro atoms. The van der Waals surface area contributed by atoms with E-state index in [1.807, 2.05) is 0 Å². The molecule has 1 saturated heterocycles. The highest BCUT2D eigenvalue weighted by Crippen LogP contribution is 2.48. The molecule has 4 rings (SSSR count). The molecule has 0 bridgehead atoms. The topological polar surface area (TPSA) is 84.6 Å². The van der Waals surface area contributed by atoms with Crippen LogP contribution in [-0.4, -0.2) is 41.9 Å². The molecule has 1 aliphatic carbocycles. The maximum absolute atomic E-state index is 13.0. The van der Waals surface area contributed by atoms with Crippen molar-refractivity contribution in [2.24, 2.45) is 11.3 Å². The van der Waals surface area contributed by atoms with Crippen LogP contribution in [0.3, 0.4) is 0 Å². The number of hydrogen-bond acceptors (Lipinski definition) is 5. The fourth-order valence-corrected chi connectivity index (χ4v) is 4.54. The standard InChI is InChI=1S/C22H27FN2O4/c23-17-3-1-15(2-4-17)18-14-25-20(29-18)6-5-19(26)24-13-16-7-8-22(21(16)27)9-11-28-12-10-22/h1-4,14,16,21,27H,5-13H2,(H,24,26)/t16-,21+/m1/s1. The van der Waals surface area contributed by atoms with Gasteiger partial charge in [0.25, 0.3) is 0 Å². The van der Waals surface area contributed by atoms with Crippen molar-refractivity contribution >= 4 is 5.91 Å². The molecule has 2 aliphatic rings. The number of amides is 1. The van der Waals surface area contributed by atoms with Gasteiger partial charge in [0.05, 0.1) is 12.3 Å². The zero-order chi connectivity index (χ0) is 20.3. The largest absolute Gasteiger partial charge is 0.441 e. The minimum atomic E-state index is -0.378. The summed E-state index contributed by atoms with van der Waals surface area (Å²) < 4.78 is 24.1. The molecule has 1 aromatic carbocycles. The van der Waals surface area contributed by atoms with E-state index >= 15 is 0 Å². The number of aliphatic hydroxyl groups is 1. The minimum Gasteiger partial charge on any atom is -0.441 e. The summed E-state index contributed by atoms with van der Waals surface area (Å²) in [6, 6.07) is 5.99. The first-order valence-corrected chi connectivity index (χ1v) is 10.3. The Labute approximate surface area is 169 Å². The summed E-state index contributed by atoms with van der Waals surface area (Å²) >= 11 is 0. The highest BCUT2D eigenvalue weighted by molar-refractivity contribution is 5.76. The van der Waals surface area contributed by atoms with Crippen molar-refractivity contribution in [1.82, 2.24) is 10.3 Å². The highest BCUT2D eigenvalue weighted by atomic mass is 19.1. The van der Waals surface area contributed by atoms with Gasteiger partial charge in [-0.05, 0) is 49.9 Å². The zero-order valence-electron chi connectivity index (χ0n) is 16.4. The van der Waals surface area contributed by atoms with Crippen LogP contribution < -0.4 is 5.32 Å². The van der Waals surface area contributed by atoms with Crippen LogP contribution in [0.15, 0.2) is 34.9 Å².